The van der Waals surface area contributed by atoms with Crippen molar-refractivity contribution in [1.29, 1.82) is 0 Å². The maximum atomic E-state index is 7.01. The van der Waals surface area contributed by atoms with Gasteiger partial charge in [-0.2, -0.15) is 0 Å². The molecule has 12 rings (SSSR count). The van der Waals surface area contributed by atoms with Crippen molar-refractivity contribution in [3.05, 3.63) is 231 Å². The lowest BCUT2D eigenvalue weighted by molar-refractivity contribution is 0.488. The summed E-state index contributed by atoms with van der Waals surface area (Å²) >= 11 is 0. The van der Waals surface area contributed by atoms with Crippen molar-refractivity contribution in [2.24, 2.45) is 0 Å². The second kappa shape index (κ2) is 14.3. The largest absolute Gasteiger partial charge is 0.454 e. The highest BCUT2D eigenvalue weighted by atomic mass is 16.5. The zero-order chi connectivity index (χ0) is 40.3. The average molecular weight is 779 g/mol. The van der Waals surface area contributed by atoms with Gasteiger partial charge in [0.05, 0.1) is 5.69 Å². The predicted molar refractivity (Wildman–Crippen MR) is 257 cm³/mol. The van der Waals surface area contributed by atoms with Crippen LogP contribution in [0.15, 0.2) is 231 Å². The Labute approximate surface area is 354 Å². The standard InChI is InChI=1S/C58H38N2O/c1-5-17-40(18-6-1)59(41-19-7-2-8-20-41)44-32-34-49-48-33-31-39(37-53(48)46-25-13-14-26-47(46)54(49)38-44)45-35-36-56-57-50(45)27-15-28-51(57)52-29-16-30-55(58(52)61-56)60(42-21-9-3-10-22-42)43-23-11-4-12-24-43/h1-38H. The third-order valence-corrected chi connectivity index (χ3v) is 12.2. The minimum atomic E-state index is 0.853. The van der Waals surface area contributed by atoms with Gasteiger partial charge in [0.15, 0.2) is 5.75 Å². The summed E-state index contributed by atoms with van der Waals surface area (Å²) in [5, 5.41) is 9.74. The first-order valence-corrected chi connectivity index (χ1v) is 20.8. The molecule has 11 aromatic rings. The van der Waals surface area contributed by atoms with E-state index in [2.05, 4.69) is 240 Å². The summed E-state index contributed by atoms with van der Waals surface area (Å²) in [6.45, 7) is 0. The van der Waals surface area contributed by atoms with Crippen molar-refractivity contribution in [3.63, 3.8) is 0 Å². The van der Waals surface area contributed by atoms with Crippen molar-refractivity contribution in [2.45, 2.75) is 0 Å². The Bertz CT molecular complexity index is 3340. The number of hydrogen-bond donors (Lipinski definition) is 0. The van der Waals surface area contributed by atoms with Crippen LogP contribution in [0.25, 0.3) is 65.3 Å². The second-order valence-corrected chi connectivity index (χ2v) is 15.6. The molecular weight excluding hydrogens is 741 g/mol. The lowest BCUT2D eigenvalue weighted by Gasteiger charge is -2.30. The third kappa shape index (κ3) is 5.74. The number of fused-ring (bicyclic) bond motifs is 8. The Morgan fingerprint density at radius 2 is 0.770 bits per heavy atom. The molecule has 3 nitrogen and oxygen atoms in total. The number of rotatable bonds is 7. The van der Waals surface area contributed by atoms with E-state index in [1.54, 1.807) is 0 Å². The van der Waals surface area contributed by atoms with Gasteiger partial charge in [0, 0.05) is 39.4 Å². The summed E-state index contributed by atoms with van der Waals surface area (Å²) in [6, 6.07) is 82.6. The van der Waals surface area contributed by atoms with Crippen LogP contribution in [0.1, 0.15) is 0 Å². The minimum absolute atomic E-state index is 0.853. The zero-order valence-corrected chi connectivity index (χ0v) is 33.2. The van der Waals surface area contributed by atoms with Gasteiger partial charge in [0.1, 0.15) is 5.75 Å². The average Bonchev–Trinajstić information content (AvgIpc) is 3.33. The SMILES string of the molecule is c1ccc(N(c2ccccc2)c2ccc3c4ccc(-c5ccc6c7c(cccc57)-c5cccc(N(c7ccccc7)c7ccccc7)c5O6)cc4c4ccccc4c3c2)cc1. The molecule has 0 bridgehead atoms. The van der Waals surface area contributed by atoms with Crippen LogP contribution in [-0.4, -0.2) is 0 Å². The summed E-state index contributed by atoms with van der Waals surface area (Å²) in [5.41, 5.74) is 11.1. The number of nitrogens with zero attached hydrogens (tertiary/aromatic N) is 2. The van der Waals surface area contributed by atoms with Gasteiger partial charge in [-0.05, 0) is 133 Å². The Morgan fingerprint density at radius 3 is 1.39 bits per heavy atom. The molecule has 0 spiro atoms. The topological polar surface area (TPSA) is 15.7 Å². The monoisotopic (exact) mass is 778 g/mol. The van der Waals surface area contributed by atoms with Gasteiger partial charge in [0.25, 0.3) is 0 Å². The van der Waals surface area contributed by atoms with Gasteiger partial charge in [0.2, 0.25) is 0 Å². The fourth-order valence-electron chi connectivity index (χ4n) is 9.50. The van der Waals surface area contributed by atoms with E-state index >= 15 is 0 Å². The molecule has 0 aliphatic carbocycles. The van der Waals surface area contributed by atoms with Crippen LogP contribution < -0.4 is 14.5 Å². The van der Waals surface area contributed by atoms with Crippen LogP contribution in [0.2, 0.25) is 0 Å². The maximum Gasteiger partial charge on any atom is 0.159 e. The van der Waals surface area contributed by atoms with Gasteiger partial charge in [-0.3, -0.25) is 0 Å². The maximum absolute atomic E-state index is 7.01. The normalized spacial score (nSPS) is 11.7. The lowest BCUT2D eigenvalue weighted by atomic mass is 9.88. The van der Waals surface area contributed by atoms with E-state index < -0.39 is 0 Å². The zero-order valence-electron chi connectivity index (χ0n) is 33.2. The molecule has 0 saturated heterocycles. The second-order valence-electron chi connectivity index (χ2n) is 15.6. The molecule has 61 heavy (non-hydrogen) atoms. The molecule has 0 aromatic heterocycles. The number of benzene rings is 11. The molecule has 0 atom stereocenters. The van der Waals surface area contributed by atoms with Gasteiger partial charge in [-0.1, -0.05) is 152 Å². The van der Waals surface area contributed by atoms with Crippen molar-refractivity contribution >= 4 is 77.2 Å². The summed E-state index contributed by atoms with van der Waals surface area (Å²) in [7, 11) is 0. The number of ether oxygens (including phenoxy) is 1. The van der Waals surface area contributed by atoms with E-state index in [9.17, 15) is 0 Å². The third-order valence-electron chi connectivity index (χ3n) is 12.2. The van der Waals surface area contributed by atoms with E-state index in [0.717, 1.165) is 56.6 Å². The molecule has 0 N–H and O–H groups in total. The Hall–Kier alpha value is -8.14. The van der Waals surface area contributed by atoms with E-state index in [4.69, 9.17) is 4.74 Å². The highest BCUT2D eigenvalue weighted by molar-refractivity contribution is 6.26. The highest BCUT2D eigenvalue weighted by Gasteiger charge is 2.27. The first-order chi connectivity index (χ1) is 30.3. The van der Waals surface area contributed by atoms with Crippen LogP contribution in [0.4, 0.5) is 34.1 Å². The summed E-state index contributed by atoms with van der Waals surface area (Å²) in [4.78, 5) is 4.62. The molecule has 286 valence electrons. The fraction of sp³-hybridized carbons (Fsp3) is 0. The van der Waals surface area contributed by atoms with E-state index in [0.29, 0.717) is 0 Å². The summed E-state index contributed by atoms with van der Waals surface area (Å²) in [6.07, 6.45) is 0. The quantitative estimate of drug-likeness (QED) is 0.150. The first kappa shape index (κ1) is 34.9. The molecule has 3 heteroatoms. The minimum Gasteiger partial charge on any atom is -0.454 e. The van der Waals surface area contributed by atoms with Gasteiger partial charge in [-0.25, -0.2) is 0 Å². The van der Waals surface area contributed by atoms with E-state index in [1.165, 1.54) is 54.4 Å². The molecular formula is C58H38N2O. The van der Waals surface area contributed by atoms with Crippen LogP contribution in [-0.2, 0) is 0 Å². The van der Waals surface area contributed by atoms with Crippen molar-refractivity contribution in [3.8, 4) is 33.8 Å². The number of hydrogen-bond acceptors (Lipinski definition) is 3. The Kier molecular flexibility index (Phi) is 8.17. The molecule has 1 aliphatic heterocycles. The molecule has 0 unspecified atom stereocenters. The van der Waals surface area contributed by atoms with Crippen LogP contribution >= 0.6 is 0 Å². The molecule has 11 aromatic carbocycles. The summed E-state index contributed by atoms with van der Waals surface area (Å²) in [5.74, 6) is 1.72. The van der Waals surface area contributed by atoms with Gasteiger partial charge >= 0.3 is 0 Å². The smallest absolute Gasteiger partial charge is 0.159 e. The van der Waals surface area contributed by atoms with E-state index in [-0.39, 0.29) is 0 Å². The fourth-order valence-corrected chi connectivity index (χ4v) is 9.50. The van der Waals surface area contributed by atoms with Crippen LogP contribution in [0.5, 0.6) is 11.5 Å². The summed E-state index contributed by atoms with van der Waals surface area (Å²) < 4.78 is 7.01. The lowest BCUT2D eigenvalue weighted by Crippen LogP contribution is -2.12. The molecule has 0 fully saturated rings. The Balaban J connectivity index is 1.00. The van der Waals surface area contributed by atoms with Crippen LogP contribution in [0, 0.1) is 0 Å². The highest BCUT2D eigenvalue weighted by Crippen LogP contribution is 2.54. The molecule has 1 aliphatic rings. The van der Waals surface area contributed by atoms with Crippen molar-refractivity contribution in [2.75, 3.05) is 9.80 Å². The Morgan fingerprint density at radius 1 is 0.279 bits per heavy atom. The molecule has 0 amide bonds. The molecule has 0 saturated carbocycles. The number of para-hydroxylation sites is 5. The van der Waals surface area contributed by atoms with Crippen molar-refractivity contribution < 1.29 is 4.74 Å². The number of anilines is 6. The van der Waals surface area contributed by atoms with Crippen molar-refractivity contribution in [1.82, 2.24) is 0 Å². The van der Waals surface area contributed by atoms with Gasteiger partial charge in [-0.15, -0.1) is 0 Å². The predicted octanol–water partition coefficient (Wildman–Crippen LogP) is 16.7. The first-order valence-electron chi connectivity index (χ1n) is 20.8. The molecule has 0 radical (unpaired) electrons. The van der Waals surface area contributed by atoms with Gasteiger partial charge < -0.3 is 14.5 Å². The van der Waals surface area contributed by atoms with Crippen LogP contribution in [0.3, 0.4) is 0 Å². The molecule has 1 heterocycles. The van der Waals surface area contributed by atoms with E-state index in [1.807, 2.05) is 0 Å².